The minimum Gasteiger partial charge on any atom is -0.478 e. The molecular formula is C12H7F3N2O3. The van der Waals surface area contributed by atoms with Crippen LogP contribution < -0.4 is 5.32 Å². The Morgan fingerprint density at radius 3 is 2.45 bits per heavy atom. The number of aromatic nitrogens is 1. The minimum atomic E-state index is -5.03. The summed E-state index contributed by atoms with van der Waals surface area (Å²) in [5.74, 6) is -3.36. The van der Waals surface area contributed by atoms with Gasteiger partial charge in [-0.05, 0) is 18.2 Å². The number of nitrogens with zero attached hydrogens (tertiary/aromatic N) is 1. The highest BCUT2D eigenvalue weighted by atomic mass is 19.4. The number of fused-ring (bicyclic) bond motifs is 1. The van der Waals surface area contributed by atoms with Gasteiger partial charge in [0, 0.05) is 23.2 Å². The van der Waals surface area contributed by atoms with Crippen molar-refractivity contribution in [3.05, 3.63) is 36.2 Å². The van der Waals surface area contributed by atoms with Crippen LogP contribution in [0.15, 0.2) is 30.6 Å². The summed E-state index contributed by atoms with van der Waals surface area (Å²) in [6, 6.07) is 3.57. The van der Waals surface area contributed by atoms with Gasteiger partial charge < -0.3 is 10.4 Å². The van der Waals surface area contributed by atoms with Crippen molar-refractivity contribution in [3.8, 4) is 0 Å². The number of carbonyl (C=O) groups excluding carboxylic acids is 1. The molecule has 2 N–H and O–H groups in total. The molecule has 5 nitrogen and oxygen atoms in total. The highest BCUT2D eigenvalue weighted by Gasteiger charge is 2.38. The SMILES string of the molecule is O=C(O)c1ccc(NC(=O)C(F)(F)F)c2cnccc12. The van der Waals surface area contributed by atoms with Crippen molar-refractivity contribution in [3.63, 3.8) is 0 Å². The molecule has 0 unspecified atom stereocenters. The second-order valence-corrected chi connectivity index (χ2v) is 3.84. The number of amides is 1. The van der Waals surface area contributed by atoms with E-state index in [1.165, 1.54) is 18.5 Å². The lowest BCUT2D eigenvalue weighted by Gasteiger charge is -2.11. The predicted molar refractivity (Wildman–Crippen MR) is 63.4 cm³/mol. The first-order valence-electron chi connectivity index (χ1n) is 5.29. The molecule has 0 aliphatic heterocycles. The lowest BCUT2D eigenvalue weighted by Crippen LogP contribution is -2.30. The molecule has 1 aromatic heterocycles. The lowest BCUT2D eigenvalue weighted by molar-refractivity contribution is -0.167. The quantitative estimate of drug-likeness (QED) is 0.887. The third-order valence-electron chi connectivity index (χ3n) is 2.55. The van der Waals surface area contributed by atoms with Crippen molar-refractivity contribution in [1.29, 1.82) is 0 Å². The van der Waals surface area contributed by atoms with E-state index >= 15 is 0 Å². The Bertz CT molecular complexity index is 698. The maximum absolute atomic E-state index is 12.2. The first-order chi connectivity index (χ1) is 9.30. The van der Waals surface area contributed by atoms with Crippen LogP contribution >= 0.6 is 0 Å². The number of carboxylic acid groups (broad SMARTS) is 1. The van der Waals surface area contributed by atoms with Crippen LogP contribution in [-0.4, -0.2) is 28.1 Å². The molecule has 0 spiro atoms. The normalized spacial score (nSPS) is 11.3. The number of nitrogens with one attached hydrogen (secondary N) is 1. The van der Waals surface area contributed by atoms with E-state index in [0.29, 0.717) is 0 Å². The van der Waals surface area contributed by atoms with Gasteiger partial charge in [-0.3, -0.25) is 9.78 Å². The van der Waals surface area contributed by atoms with Crippen LogP contribution in [-0.2, 0) is 4.79 Å². The number of pyridine rings is 1. The molecule has 0 saturated heterocycles. The van der Waals surface area contributed by atoms with E-state index in [0.717, 1.165) is 12.1 Å². The van der Waals surface area contributed by atoms with Gasteiger partial charge in [-0.15, -0.1) is 0 Å². The molecule has 0 fully saturated rings. The zero-order chi connectivity index (χ0) is 14.9. The molecule has 0 bridgehead atoms. The van der Waals surface area contributed by atoms with E-state index in [1.807, 2.05) is 0 Å². The smallest absolute Gasteiger partial charge is 0.471 e. The predicted octanol–water partition coefficient (Wildman–Crippen LogP) is 2.43. The Kier molecular flexibility index (Phi) is 3.31. The molecule has 20 heavy (non-hydrogen) atoms. The number of rotatable bonds is 2. The molecule has 0 aliphatic rings. The van der Waals surface area contributed by atoms with Crippen molar-refractivity contribution in [2.24, 2.45) is 0 Å². The number of hydrogen-bond donors (Lipinski definition) is 2. The van der Waals surface area contributed by atoms with Crippen LogP contribution in [0, 0.1) is 0 Å². The molecule has 1 heterocycles. The van der Waals surface area contributed by atoms with Crippen molar-refractivity contribution >= 4 is 28.3 Å². The second kappa shape index (κ2) is 4.80. The minimum absolute atomic E-state index is 0.0904. The van der Waals surface area contributed by atoms with Gasteiger partial charge in [-0.2, -0.15) is 13.2 Å². The van der Waals surface area contributed by atoms with Gasteiger partial charge in [0.1, 0.15) is 0 Å². The van der Waals surface area contributed by atoms with Gasteiger partial charge in [0.05, 0.1) is 11.3 Å². The van der Waals surface area contributed by atoms with Crippen molar-refractivity contribution < 1.29 is 27.9 Å². The topological polar surface area (TPSA) is 79.3 Å². The van der Waals surface area contributed by atoms with E-state index in [4.69, 9.17) is 5.11 Å². The largest absolute Gasteiger partial charge is 0.478 e. The van der Waals surface area contributed by atoms with Crippen LogP contribution in [0.4, 0.5) is 18.9 Å². The molecule has 0 saturated carbocycles. The van der Waals surface area contributed by atoms with E-state index < -0.39 is 18.1 Å². The average Bonchev–Trinajstić information content (AvgIpc) is 2.37. The zero-order valence-electron chi connectivity index (χ0n) is 9.73. The lowest BCUT2D eigenvalue weighted by atomic mass is 10.0. The van der Waals surface area contributed by atoms with Gasteiger partial charge in [0.15, 0.2) is 0 Å². The summed E-state index contributed by atoms with van der Waals surface area (Å²) in [5, 5.41) is 11.0. The third-order valence-corrected chi connectivity index (χ3v) is 2.55. The van der Waals surface area contributed by atoms with E-state index in [2.05, 4.69) is 4.98 Å². The maximum atomic E-state index is 12.2. The Morgan fingerprint density at radius 2 is 1.85 bits per heavy atom. The highest BCUT2D eigenvalue weighted by Crippen LogP contribution is 2.27. The first-order valence-corrected chi connectivity index (χ1v) is 5.29. The average molecular weight is 284 g/mol. The van der Waals surface area contributed by atoms with Crippen LogP contribution in [0.2, 0.25) is 0 Å². The number of hydrogen-bond acceptors (Lipinski definition) is 3. The van der Waals surface area contributed by atoms with Crippen molar-refractivity contribution in [2.75, 3.05) is 5.32 Å². The fraction of sp³-hybridized carbons (Fsp3) is 0.0833. The van der Waals surface area contributed by atoms with Crippen molar-refractivity contribution in [2.45, 2.75) is 6.18 Å². The fourth-order valence-corrected chi connectivity index (χ4v) is 1.68. The first kappa shape index (κ1) is 13.8. The van der Waals surface area contributed by atoms with Crippen LogP contribution in [0.3, 0.4) is 0 Å². The number of halogens is 3. The van der Waals surface area contributed by atoms with E-state index in [-0.39, 0.29) is 22.0 Å². The Hall–Kier alpha value is -2.64. The van der Waals surface area contributed by atoms with Crippen LogP contribution in [0.25, 0.3) is 10.8 Å². The van der Waals surface area contributed by atoms with Crippen LogP contribution in [0.1, 0.15) is 10.4 Å². The Morgan fingerprint density at radius 1 is 1.15 bits per heavy atom. The molecule has 0 radical (unpaired) electrons. The van der Waals surface area contributed by atoms with Crippen LogP contribution in [0.5, 0.6) is 0 Å². The summed E-state index contributed by atoms with van der Waals surface area (Å²) < 4.78 is 36.7. The van der Waals surface area contributed by atoms with Gasteiger partial charge in [0.2, 0.25) is 0 Å². The molecule has 104 valence electrons. The number of aromatic carboxylic acids is 1. The zero-order valence-corrected chi connectivity index (χ0v) is 9.73. The summed E-state index contributed by atoms with van der Waals surface area (Å²) in [6.45, 7) is 0. The third kappa shape index (κ3) is 2.53. The fourth-order valence-electron chi connectivity index (χ4n) is 1.68. The number of alkyl halides is 3. The standard InChI is InChI=1S/C12H7F3N2O3/c13-12(14,15)11(20)17-9-2-1-7(10(18)19)6-3-4-16-5-8(6)9/h1-5H,(H,17,20)(H,18,19). The molecular weight excluding hydrogens is 277 g/mol. The van der Waals surface area contributed by atoms with Crippen molar-refractivity contribution in [1.82, 2.24) is 4.98 Å². The van der Waals surface area contributed by atoms with Gasteiger partial charge in [-0.1, -0.05) is 0 Å². The molecule has 2 rings (SSSR count). The summed E-state index contributed by atoms with van der Waals surface area (Å²) in [5.41, 5.74) is -0.243. The van der Waals surface area contributed by atoms with E-state index in [9.17, 15) is 22.8 Å². The Balaban J connectivity index is 2.54. The van der Waals surface area contributed by atoms with Gasteiger partial charge >= 0.3 is 18.1 Å². The number of anilines is 1. The second-order valence-electron chi connectivity index (χ2n) is 3.84. The number of carboxylic acids is 1. The summed E-state index contributed by atoms with van der Waals surface area (Å²) in [4.78, 5) is 25.7. The van der Waals surface area contributed by atoms with Gasteiger partial charge in [0.25, 0.3) is 0 Å². The molecule has 1 aromatic carbocycles. The molecule has 0 aliphatic carbocycles. The molecule has 1 amide bonds. The monoisotopic (exact) mass is 284 g/mol. The molecule has 0 atom stereocenters. The summed E-state index contributed by atoms with van der Waals surface area (Å²) in [6.07, 6.45) is -2.53. The summed E-state index contributed by atoms with van der Waals surface area (Å²) >= 11 is 0. The van der Waals surface area contributed by atoms with E-state index in [1.54, 1.807) is 5.32 Å². The molecule has 2 aromatic rings. The summed E-state index contributed by atoms with van der Waals surface area (Å²) in [7, 11) is 0. The number of carbonyl (C=O) groups is 2. The number of benzene rings is 1. The highest BCUT2D eigenvalue weighted by molar-refractivity contribution is 6.10. The van der Waals surface area contributed by atoms with Gasteiger partial charge in [-0.25, -0.2) is 4.79 Å². The Labute approximate surface area is 110 Å². The molecule has 8 heteroatoms. The maximum Gasteiger partial charge on any atom is 0.471 e.